The molecule has 0 saturated carbocycles. The fourth-order valence-corrected chi connectivity index (χ4v) is 3.64. The molecule has 0 aliphatic heterocycles. The van der Waals surface area contributed by atoms with Gasteiger partial charge in [-0.05, 0) is 42.0 Å². The van der Waals surface area contributed by atoms with Gasteiger partial charge < -0.3 is 24.4 Å². The maximum Gasteiger partial charge on any atom is 0.387 e. The van der Waals surface area contributed by atoms with E-state index in [1.54, 1.807) is 48.5 Å². The van der Waals surface area contributed by atoms with E-state index < -0.39 is 6.61 Å². The second-order valence-corrected chi connectivity index (χ2v) is 7.36. The number of fused-ring (bicyclic) bond motifs is 1. The van der Waals surface area contributed by atoms with Crippen LogP contribution in [0.25, 0.3) is 22.3 Å². The average Bonchev–Trinajstić information content (AvgIpc) is 2.87. The largest absolute Gasteiger partial charge is 0.493 e. The standard InChI is InChI=1S/C25H23F2N3O5/c1-32-20-12-16(13-21(33-2)22(20)34-3)23-29-19-7-5-4-6-18(19)24(31)30(23)28-14-15-8-10-17(11-9-15)35-25(26)27/h4-13,25,28H,14H2,1-3H3. The molecule has 0 fully saturated rings. The monoisotopic (exact) mass is 483 g/mol. The molecule has 35 heavy (non-hydrogen) atoms. The van der Waals surface area contributed by atoms with Gasteiger partial charge in [0.25, 0.3) is 5.56 Å². The number of aromatic nitrogens is 2. The predicted octanol–water partition coefficient (Wildman–Crippen LogP) is 4.43. The van der Waals surface area contributed by atoms with E-state index in [2.05, 4.69) is 10.2 Å². The molecule has 3 aromatic carbocycles. The van der Waals surface area contributed by atoms with Crippen molar-refractivity contribution in [3.63, 3.8) is 0 Å². The van der Waals surface area contributed by atoms with Crippen LogP contribution < -0.4 is 29.9 Å². The molecule has 0 amide bonds. The van der Waals surface area contributed by atoms with Gasteiger partial charge in [-0.1, -0.05) is 24.3 Å². The summed E-state index contributed by atoms with van der Waals surface area (Å²) in [6.07, 6.45) is 0. The van der Waals surface area contributed by atoms with E-state index in [0.29, 0.717) is 39.5 Å². The van der Waals surface area contributed by atoms with Crippen molar-refractivity contribution in [1.29, 1.82) is 0 Å². The predicted molar refractivity (Wildman–Crippen MR) is 127 cm³/mol. The molecule has 0 aliphatic carbocycles. The van der Waals surface area contributed by atoms with Crippen LogP contribution >= 0.6 is 0 Å². The first-order valence-corrected chi connectivity index (χ1v) is 10.5. The third kappa shape index (κ3) is 4.96. The minimum absolute atomic E-state index is 0.0476. The molecular weight excluding hydrogens is 460 g/mol. The molecule has 1 heterocycles. The van der Waals surface area contributed by atoms with Crippen LogP contribution in [0.1, 0.15) is 5.56 Å². The number of alkyl halides is 2. The van der Waals surface area contributed by atoms with Gasteiger partial charge in [0.05, 0.1) is 38.8 Å². The molecule has 0 saturated heterocycles. The van der Waals surface area contributed by atoms with Crippen molar-refractivity contribution in [1.82, 2.24) is 9.66 Å². The maximum absolute atomic E-state index is 13.4. The second-order valence-electron chi connectivity index (χ2n) is 7.36. The number of nitrogens with one attached hydrogen (secondary N) is 1. The molecule has 0 bridgehead atoms. The quantitative estimate of drug-likeness (QED) is 0.377. The summed E-state index contributed by atoms with van der Waals surface area (Å²) in [5.41, 5.74) is 4.59. The molecule has 0 spiro atoms. The van der Waals surface area contributed by atoms with Gasteiger partial charge in [-0.25, -0.2) is 9.66 Å². The minimum atomic E-state index is -2.90. The average molecular weight is 483 g/mol. The molecule has 182 valence electrons. The van der Waals surface area contributed by atoms with Crippen LogP contribution in [-0.4, -0.2) is 37.6 Å². The molecule has 0 aliphatic rings. The zero-order valence-electron chi connectivity index (χ0n) is 19.2. The molecule has 10 heteroatoms. The zero-order valence-corrected chi connectivity index (χ0v) is 19.2. The van der Waals surface area contributed by atoms with Gasteiger partial charge in [-0.15, -0.1) is 0 Å². The van der Waals surface area contributed by atoms with Crippen LogP contribution in [-0.2, 0) is 6.54 Å². The van der Waals surface area contributed by atoms with Crippen molar-refractivity contribution in [2.24, 2.45) is 0 Å². The first kappa shape index (κ1) is 23.8. The normalized spacial score (nSPS) is 10.9. The lowest BCUT2D eigenvalue weighted by atomic mass is 10.1. The Bertz CT molecular complexity index is 1370. The van der Waals surface area contributed by atoms with E-state index in [1.807, 2.05) is 0 Å². The Balaban J connectivity index is 1.79. The molecule has 0 atom stereocenters. The lowest BCUT2D eigenvalue weighted by Gasteiger charge is -2.18. The van der Waals surface area contributed by atoms with Crippen molar-refractivity contribution >= 4 is 10.9 Å². The summed E-state index contributed by atoms with van der Waals surface area (Å²) in [6, 6.07) is 16.5. The number of halogens is 2. The number of rotatable bonds is 9. The van der Waals surface area contributed by atoms with Gasteiger partial charge in [0.1, 0.15) is 5.75 Å². The Hall–Kier alpha value is -4.34. The van der Waals surface area contributed by atoms with Crippen molar-refractivity contribution in [3.8, 4) is 34.4 Å². The number of nitrogens with zero attached hydrogens (tertiary/aromatic N) is 2. The number of ether oxygens (including phenoxy) is 4. The van der Waals surface area contributed by atoms with Crippen LogP contribution in [0.4, 0.5) is 8.78 Å². The van der Waals surface area contributed by atoms with Crippen LogP contribution in [0.3, 0.4) is 0 Å². The highest BCUT2D eigenvalue weighted by molar-refractivity contribution is 5.80. The molecule has 4 aromatic rings. The first-order valence-electron chi connectivity index (χ1n) is 10.5. The number of hydrogen-bond acceptors (Lipinski definition) is 7. The minimum Gasteiger partial charge on any atom is -0.493 e. The maximum atomic E-state index is 13.4. The topological polar surface area (TPSA) is 83.8 Å². The highest BCUT2D eigenvalue weighted by Crippen LogP contribution is 2.40. The van der Waals surface area contributed by atoms with E-state index in [0.717, 1.165) is 5.56 Å². The summed E-state index contributed by atoms with van der Waals surface area (Å²) < 4.78 is 46.9. The van der Waals surface area contributed by atoms with Crippen molar-refractivity contribution < 1.29 is 27.7 Å². The van der Waals surface area contributed by atoms with Gasteiger partial charge in [-0.3, -0.25) is 4.79 Å². The van der Waals surface area contributed by atoms with E-state index in [1.165, 1.54) is 38.1 Å². The molecule has 8 nitrogen and oxygen atoms in total. The van der Waals surface area contributed by atoms with E-state index in [-0.39, 0.29) is 17.9 Å². The Labute approximate surface area is 199 Å². The Morgan fingerprint density at radius 1 is 0.943 bits per heavy atom. The highest BCUT2D eigenvalue weighted by atomic mass is 19.3. The summed E-state index contributed by atoms with van der Waals surface area (Å²) >= 11 is 0. The van der Waals surface area contributed by atoms with Crippen molar-refractivity contribution in [3.05, 3.63) is 76.6 Å². The van der Waals surface area contributed by atoms with E-state index in [9.17, 15) is 13.6 Å². The second kappa shape index (κ2) is 10.3. The van der Waals surface area contributed by atoms with E-state index >= 15 is 0 Å². The Morgan fingerprint density at radius 3 is 2.20 bits per heavy atom. The van der Waals surface area contributed by atoms with Gasteiger partial charge in [0, 0.05) is 5.56 Å². The Morgan fingerprint density at radius 2 is 1.60 bits per heavy atom. The van der Waals surface area contributed by atoms with Gasteiger partial charge in [0.15, 0.2) is 17.3 Å². The summed E-state index contributed by atoms with van der Waals surface area (Å²) in [5.74, 6) is 1.60. The summed E-state index contributed by atoms with van der Waals surface area (Å²) in [6.45, 7) is -2.69. The molecule has 1 N–H and O–H groups in total. The summed E-state index contributed by atoms with van der Waals surface area (Å²) in [7, 11) is 4.51. The fourth-order valence-electron chi connectivity index (χ4n) is 3.64. The lowest BCUT2D eigenvalue weighted by Crippen LogP contribution is -2.31. The van der Waals surface area contributed by atoms with Gasteiger partial charge >= 0.3 is 6.61 Å². The van der Waals surface area contributed by atoms with Gasteiger partial charge in [0.2, 0.25) is 5.75 Å². The Kier molecular flexibility index (Phi) is 7.00. The number of benzene rings is 3. The van der Waals surface area contributed by atoms with Crippen LogP contribution in [0.15, 0.2) is 65.5 Å². The summed E-state index contributed by atoms with van der Waals surface area (Å²) in [4.78, 5) is 18.1. The number of para-hydroxylation sites is 1. The van der Waals surface area contributed by atoms with Crippen LogP contribution in [0.5, 0.6) is 23.0 Å². The SMILES string of the molecule is COc1cc(-c2nc3ccccc3c(=O)n2NCc2ccc(OC(F)F)cc2)cc(OC)c1OC. The third-order valence-corrected chi connectivity index (χ3v) is 5.29. The molecule has 0 radical (unpaired) electrons. The molecule has 1 aromatic heterocycles. The number of hydrogen-bond donors (Lipinski definition) is 1. The molecule has 4 rings (SSSR count). The zero-order chi connectivity index (χ0) is 24.9. The molecular formula is C25H23F2N3O5. The highest BCUT2D eigenvalue weighted by Gasteiger charge is 2.19. The lowest BCUT2D eigenvalue weighted by molar-refractivity contribution is -0.0498. The van der Waals surface area contributed by atoms with Crippen LogP contribution in [0, 0.1) is 0 Å². The molecule has 0 unspecified atom stereocenters. The van der Waals surface area contributed by atoms with Crippen molar-refractivity contribution in [2.75, 3.05) is 26.8 Å². The fraction of sp³-hybridized carbons (Fsp3) is 0.200. The summed E-state index contributed by atoms with van der Waals surface area (Å²) in [5, 5.41) is 0.428. The third-order valence-electron chi connectivity index (χ3n) is 5.29. The number of methoxy groups -OCH3 is 3. The van der Waals surface area contributed by atoms with Crippen molar-refractivity contribution in [2.45, 2.75) is 13.2 Å². The van der Waals surface area contributed by atoms with Crippen LogP contribution in [0.2, 0.25) is 0 Å². The van der Waals surface area contributed by atoms with E-state index in [4.69, 9.17) is 19.2 Å². The van der Waals surface area contributed by atoms with Gasteiger partial charge in [-0.2, -0.15) is 8.78 Å². The first-order chi connectivity index (χ1) is 16.9. The smallest absolute Gasteiger partial charge is 0.387 e.